The number of benzene rings is 2. The van der Waals surface area contributed by atoms with Gasteiger partial charge in [-0.15, -0.1) is 0 Å². The Morgan fingerprint density at radius 2 is 1.89 bits per heavy atom. The zero-order valence-electron chi connectivity index (χ0n) is 10.4. The first-order valence-electron chi connectivity index (χ1n) is 5.70. The van der Waals surface area contributed by atoms with Gasteiger partial charge in [-0.1, -0.05) is 18.2 Å². The quantitative estimate of drug-likeness (QED) is 0.832. The SMILES string of the molecule is COCc1ccccc1Nc1cc(F)cc(F)c1N. The maximum Gasteiger partial charge on any atom is 0.151 e. The number of ether oxygens (including phenoxy) is 1. The van der Waals surface area contributed by atoms with Crippen LogP contribution in [0.2, 0.25) is 0 Å². The summed E-state index contributed by atoms with van der Waals surface area (Å²) < 4.78 is 31.6. The molecule has 0 saturated heterocycles. The Morgan fingerprint density at radius 1 is 1.16 bits per heavy atom. The van der Waals surface area contributed by atoms with E-state index in [1.165, 1.54) is 0 Å². The Hall–Kier alpha value is -2.14. The van der Waals surface area contributed by atoms with Gasteiger partial charge in [-0.25, -0.2) is 8.78 Å². The van der Waals surface area contributed by atoms with Gasteiger partial charge in [-0.2, -0.15) is 0 Å². The van der Waals surface area contributed by atoms with E-state index >= 15 is 0 Å². The van der Waals surface area contributed by atoms with Gasteiger partial charge < -0.3 is 15.8 Å². The summed E-state index contributed by atoms with van der Waals surface area (Å²) in [7, 11) is 1.58. The highest BCUT2D eigenvalue weighted by Gasteiger charge is 2.10. The van der Waals surface area contributed by atoms with Crippen LogP contribution in [0.3, 0.4) is 0 Å². The monoisotopic (exact) mass is 264 g/mol. The molecule has 2 aromatic rings. The number of anilines is 3. The summed E-state index contributed by atoms with van der Waals surface area (Å²) in [4.78, 5) is 0. The molecular formula is C14H14F2N2O. The molecule has 0 saturated carbocycles. The minimum Gasteiger partial charge on any atom is -0.395 e. The van der Waals surface area contributed by atoms with Gasteiger partial charge in [0.05, 0.1) is 18.0 Å². The van der Waals surface area contributed by atoms with Crippen LogP contribution in [0, 0.1) is 11.6 Å². The lowest BCUT2D eigenvalue weighted by atomic mass is 10.1. The molecule has 0 spiro atoms. The van der Waals surface area contributed by atoms with Gasteiger partial charge in [-0.3, -0.25) is 0 Å². The van der Waals surface area contributed by atoms with Gasteiger partial charge >= 0.3 is 0 Å². The van der Waals surface area contributed by atoms with Crippen LogP contribution < -0.4 is 11.1 Å². The molecule has 0 unspecified atom stereocenters. The third-order valence-electron chi connectivity index (χ3n) is 2.68. The van der Waals surface area contributed by atoms with Crippen LogP contribution in [-0.2, 0) is 11.3 Å². The first-order valence-corrected chi connectivity index (χ1v) is 5.70. The van der Waals surface area contributed by atoms with Crippen LogP contribution in [0.1, 0.15) is 5.56 Å². The second kappa shape index (κ2) is 5.67. The standard InChI is InChI=1S/C14H14F2N2O/c1-19-8-9-4-2-3-5-12(9)18-13-7-10(15)6-11(16)14(13)17/h2-7,18H,8,17H2,1H3. The molecule has 0 aromatic heterocycles. The first-order chi connectivity index (χ1) is 9.11. The zero-order chi connectivity index (χ0) is 13.8. The fraction of sp³-hybridized carbons (Fsp3) is 0.143. The van der Waals surface area contributed by atoms with Crippen molar-refractivity contribution in [1.29, 1.82) is 0 Å². The summed E-state index contributed by atoms with van der Waals surface area (Å²) in [5.74, 6) is -1.47. The average molecular weight is 264 g/mol. The van der Waals surface area contributed by atoms with Crippen molar-refractivity contribution in [3.63, 3.8) is 0 Å². The minimum absolute atomic E-state index is 0.117. The fourth-order valence-electron chi connectivity index (χ4n) is 1.76. The van der Waals surface area contributed by atoms with Crippen LogP contribution in [0.15, 0.2) is 36.4 Å². The number of halogens is 2. The van der Waals surface area contributed by atoms with Gasteiger partial charge in [0, 0.05) is 24.4 Å². The molecule has 5 heteroatoms. The van der Waals surface area contributed by atoms with Crippen molar-refractivity contribution < 1.29 is 13.5 Å². The van der Waals surface area contributed by atoms with E-state index < -0.39 is 11.6 Å². The maximum atomic E-state index is 13.4. The molecule has 0 aliphatic heterocycles. The van der Waals surface area contributed by atoms with Crippen molar-refractivity contribution >= 4 is 17.1 Å². The molecule has 19 heavy (non-hydrogen) atoms. The number of nitrogens with two attached hydrogens (primary N) is 1. The highest BCUT2D eigenvalue weighted by atomic mass is 19.1. The molecule has 0 heterocycles. The smallest absolute Gasteiger partial charge is 0.151 e. The molecule has 3 N–H and O–H groups in total. The van der Waals surface area contributed by atoms with Crippen LogP contribution >= 0.6 is 0 Å². The first kappa shape index (κ1) is 13.3. The van der Waals surface area contributed by atoms with E-state index in [0.29, 0.717) is 12.3 Å². The molecule has 0 fully saturated rings. The molecule has 2 rings (SSSR count). The molecule has 100 valence electrons. The minimum atomic E-state index is -0.785. The maximum absolute atomic E-state index is 13.4. The van der Waals surface area contributed by atoms with Crippen LogP contribution in [0.5, 0.6) is 0 Å². The molecular weight excluding hydrogens is 250 g/mol. The average Bonchev–Trinajstić information content (AvgIpc) is 2.38. The molecule has 2 aromatic carbocycles. The number of hydrogen-bond donors (Lipinski definition) is 2. The Kier molecular flexibility index (Phi) is 3.97. The van der Waals surface area contributed by atoms with E-state index in [-0.39, 0.29) is 11.4 Å². The number of methoxy groups -OCH3 is 1. The van der Waals surface area contributed by atoms with Gasteiger partial charge in [-0.05, 0) is 12.1 Å². The van der Waals surface area contributed by atoms with Crippen molar-refractivity contribution in [3.8, 4) is 0 Å². The van der Waals surface area contributed by atoms with Crippen molar-refractivity contribution in [2.75, 3.05) is 18.2 Å². The molecule has 0 aliphatic rings. The lowest BCUT2D eigenvalue weighted by Crippen LogP contribution is -2.02. The number of nitrogens with one attached hydrogen (secondary N) is 1. The van der Waals surface area contributed by atoms with E-state index in [1.807, 2.05) is 18.2 Å². The largest absolute Gasteiger partial charge is 0.395 e. The van der Waals surface area contributed by atoms with Gasteiger partial charge in [0.25, 0.3) is 0 Å². The van der Waals surface area contributed by atoms with Gasteiger partial charge in [0.1, 0.15) is 5.82 Å². The summed E-state index contributed by atoms with van der Waals surface area (Å²) in [6.07, 6.45) is 0. The van der Waals surface area contributed by atoms with E-state index in [4.69, 9.17) is 10.5 Å². The number of nitrogen functional groups attached to an aromatic ring is 1. The van der Waals surface area contributed by atoms with E-state index in [0.717, 1.165) is 17.7 Å². The summed E-state index contributed by atoms with van der Waals surface area (Å²) in [6, 6.07) is 9.22. The second-order valence-corrected chi connectivity index (χ2v) is 4.06. The Bertz CT molecular complexity index is 588. The Balaban J connectivity index is 2.36. The zero-order valence-corrected chi connectivity index (χ0v) is 10.4. The van der Waals surface area contributed by atoms with Crippen molar-refractivity contribution in [1.82, 2.24) is 0 Å². The lowest BCUT2D eigenvalue weighted by molar-refractivity contribution is 0.185. The number of rotatable bonds is 4. The Morgan fingerprint density at radius 3 is 2.63 bits per heavy atom. The van der Waals surface area contributed by atoms with Crippen LogP contribution in [0.4, 0.5) is 25.8 Å². The normalized spacial score (nSPS) is 10.5. The topological polar surface area (TPSA) is 47.3 Å². The Labute approximate surface area is 110 Å². The predicted octanol–water partition coefficient (Wildman–Crippen LogP) is 3.44. The summed E-state index contributed by atoms with van der Waals surface area (Å²) in [5.41, 5.74) is 7.23. The molecule has 0 radical (unpaired) electrons. The van der Waals surface area contributed by atoms with E-state index in [9.17, 15) is 8.78 Å². The highest BCUT2D eigenvalue weighted by Crippen LogP contribution is 2.28. The molecule has 0 aliphatic carbocycles. The van der Waals surface area contributed by atoms with E-state index in [2.05, 4.69) is 5.32 Å². The van der Waals surface area contributed by atoms with Crippen molar-refractivity contribution in [2.45, 2.75) is 6.61 Å². The van der Waals surface area contributed by atoms with Gasteiger partial charge in [0.2, 0.25) is 0 Å². The summed E-state index contributed by atoms with van der Waals surface area (Å²) in [5, 5.41) is 2.92. The molecule has 0 bridgehead atoms. The summed E-state index contributed by atoms with van der Waals surface area (Å²) in [6.45, 7) is 0.390. The molecule has 0 atom stereocenters. The lowest BCUT2D eigenvalue weighted by Gasteiger charge is -2.13. The highest BCUT2D eigenvalue weighted by molar-refractivity contribution is 5.74. The number of para-hydroxylation sites is 1. The second-order valence-electron chi connectivity index (χ2n) is 4.06. The number of hydrogen-bond acceptors (Lipinski definition) is 3. The summed E-state index contributed by atoms with van der Waals surface area (Å²) >= 11 is 0. The third-order valence-corrected chi connectivity index (χ3v) is 2.68. The molecule has 0 amide bonds. The van der Waals surface area contributed by atoms with Gasteiger partial charge in [0.15, 0.2) is 5.82 Å². The van der Waals surface area contributed by atoms with Crippen LogP contribution in [-0.4, -0.2) is 7.11 Å². The fourth-order valence-corrected chi connectivity index (χ4v) is 1.76. The van der Waals surface area contributed by atoms with Crippen molar-refractivity contribution in [3.05, 3.63) is 53.6 Å². The third kappa shape index (κ3) is 3.00. The van der Waals surface area contributed by atoms with Crippen LogP contribution in [0.25, 0.3) is 0 Å². The molecule has 3 nitrogen and oxygen atoms in total. The predicted molar refractivity (Wildman–Crippen MR) is 71.2 cm³/mol. The van der Waals surface area contributed by atoms with Crippen molar-refractivity contribution in [2.24, 2.45) is 0 Å². The van der Waals surface area contributed by atoms with E-state index in [1.54, 1.807) is 13.2 Å².